The van der Waals surface area contributed by atoms with Crippen LogP contribution in [0.3, 0.4) is 0 Å². The number of thiazole rings is 1. The Labute approximate surface area is 193 Å². The summed E-state index contributed by atoms with van der Waals surface area (Å²) in [7, 11) is 0. The molecule has 0 saturated carbocycles. The molecule has 0 N–H and O–H groups in total. The van der Waals surface area contributed by atoms with Crippen LogP contribution in [0, 0.1) is 13.8 Å². The first-order valence-corrected chi connectivity index (χ1v) is 12.6. The molecule has 2 aromatic carbocycles. The molecular formula is C25H30N2O2S2. The van der Waals surface area contributed by atoms with Gasteiger partial charge in [0.05, 0.1) is 29.3 Å². The molecule has 1 unspecified atom stereocenters. The topological polar surface area (TPSA) is 42.4 Å². The van der Waals surface area contributed by atoms with Gasteiger partial charge in [0, 0.05) is 16.8 Å². The zero-order valence-electron chi connectivity index (χ0n) is 18.7. The van der Waals surface area contributed by atoms with E-state index in [0.717, 1.165) is 45.9 Å². The molecule has 0 aliphatic carbocycles. The highest BCUT2D eigenvalue weighted by molar-refractivity contribution is 7.99. The largest absolute Gasteiger partial charge is 0.376 e. The summed E-state index contributed by atoms with van der Waals surface area (Å²) >= 11 is 3.44. The highest BCUT2D eigenvalue weighted by Crippen LogP contribution is 2.33. The number of carbonyl (C=O) groups excluding carboxylic acids is 1. The molecule has 0 spiro atoms. The fraction of sp³-hybridized carbons (Fsp3) is 0.440. The van der Waals surface area contributed by atoms with Gasteiger partial charge in [-0.05, 0) is 61.6 Å². The van der Waals surface area contributed by atoms with Gasteiger partial charge < -0.3 is 4.74 Å². The van der Waals surface area contributed by atoms with Crippen LogP contribution in [-0.4, -0.2) is 35.4 Å². The number of thioether (sulfide) groups is 1. The number of anilines is 1. The van der Waals surface area contributed by atoms with Gasteiger partial charge in [0.15, 0.2) is 5.13 Å². The third-order valence-electron chi connectivity index (χ3n) is 5.41. The Morgan fingerprint density at radius 2 is 2.03 bits per heavy atom. The van der Waals surface area contributed by atoms with Crippen LogP contribution in [0.25, 0.3) is 10.2 Å². The van der Waals surface area contributed by atoms with Crippen molar-refractivity contribution >= 4 is 44.4 Å². The van der Waals surface area contributed by atoms with Gasteiger partial charge in [-0.25, -0.2) is 4.98 Å². The van der Waals surface area contributed by atoms with Crippen LogP contribution in [-0.2, 0) is 16.0 Å². The molecule has 6 heteroatoms. The van der Waals surface area contributed by atoms with Gasteiger partial charge in [0.2, 0.25) is 5.91 Å². The van der Waals surface area contributed by atoms with E-state index in [9.17, 15) is 4.79 Å². The van der Waals surface area contributed by atoms with E-state index >= 15 is 0 Å². The summed E-state index contributed by atoms with van der Waals surface area (Å²) in [6, 6.07) is 12.7. The molecule has 1 amide bonds. The number of hydrogen-bond donors (Lipinski definition) is 0. The van der Waals surface area contributed by atoms with Crippen molar-refractivity contribution in [2.24, 2.45) is 0 Å². The predicted octanol–water partition coefficient (Wildman–Crippen LogP) is 6.17. The van der Waals surface area contributed by atoms with Crippen LogP contribution in [0.5, 0.6) is 0 Å². The Kier molecular flexibility index (Phi) is 6.99. The van der Waals surface area contributed by atoms with Crippen molar-refractivity contribution < 1.29 is 9.53 Å². The normalized spacial score (nSPS) is 16.4. The van der Waals surface area contributed by atoms with E-state index in [0.29, 0.717) is 18.2 Å². The first kappa shape index (κ1) is 22.3. The summed E-state index contributed by atoms with van der Waals surface area (Å²) < 4.78 is 6.99. The van der Waals surface area contributed by atoms with Gasteiger partial charge in [-0.15, -0.1) is 11.8 Å². The second-order valence-electron chi connectivity index (χ2n) is 8.55. The Morgan fingerprint density at radius 3 is 2.71 bits per heavy atom. The number of aromatic nitrogens is 1. The van der Waals surface area contributed by atoms with Crippen LogP contribution in [0.2, 0.25) is 0 Å². The fourth-order valence-corrected chi connectivity index (χ4v) is 5.99. The smallest absolute Gasteiger partial charge is 0.233 e. The van der Waals surface area contributed by atoms with Gasteiger partial charge in [-0.1, -0.05) is 43.4 Å². The molecule has 1 fully saturated rings. The molecule has 164 valence electrons. The molecule has 4 nitrogen and oxygen atoms in total. The lowest BCUT2D eigenvalue weighted by Gasteiger charge is -2.23. The zero-order valence-corrected chi connectivity index (χ0v) is 20.3. The summed E-state index contributed by atoms with van der Waals surface area (Å²) in [6.45, 7) is 9.90. The van der Waals surface area contributed by atoms with Crippen LogP contribution >= 0.6 is 23.1 Å². The average Bonchev–Trinajstić information content (AvgIpc) is 3.36. The van der Waals surface area contributed by atoms with Crippen LogP contribution < -0.4 is 4.90 Å². The first-order valence-electron chi connectivity index (χ1n) is 10.9. The van der Waals surface area contributed by atoms with E-state index in [4.69, 9.17) is 9.72 Å². The van der Waals surface area contributed by atoms with Gasteiger partial charge in [0.1, 0.15) is 0 Å². The molecular weight excluding hydrogens is 424 g/mol. The summed E-state index contributed by atoms with van der Waals surface area (Å²) in [4.78, 5) is 21.4. The lowest BCUT2D eigenvalue weighted by Crippen LogP contribution is -2.38. The van der Waals surface area contributed by atoms with E-state index in [1.807, 2.05) is 16.7 Å². The Morgan fingerprint density at radius 1 is 1.26 bits per heavy atom. The van der Waals surface area contributed by atoms with Crippen molar-refractivity contribution in [1.29, 1.82) is 0 Å². The molecule has 31 heavy (non-hydrogen) atoms. The lowest BCUT2D eigenvalue weighted by atomic mass is 10.1. The Bertz CT molecular complexity index is 1050. The summed E-state index contributed by atoms with van der Waals surface area (Å²) in [5, 5.41) is 1.32. The summed E-state index contributed by atoms with van der Waals surface area (Å²) in [5.74, 6) is 0.0770. The van der Waals surface area contributed by atoms with Crippen molar-refractivity contribution in [1.82, 2.24) is 4.98 Å². The molecule has 2 heterocycles. The quantitative estimate of drug-likeness (QED) is 0.401. The monoisotopic (exact) mass is 454 g/mol. The molecule has 1 aliphatic heterocycles. The Balaban J connectivity index is 1.58. The molecule has 1 atom stereocenters. The SMILES string of the molecule is Cc1cc(C)c2nc(N(CC3CCCO3)C(=O)Cc3ccc(SC(C)C)cc3)sc2c1. The standard InChI is InChI=1S/C25H30N2O2S2/c1-16(2)30-21-9-7-19(8-10-21)14-23(28)27(15-20-6-5-11-29-20)25-26-24-18(4)12-17(3)13-22(24)31-25/h7-10,12-13,16,20H,5-6,11,14-15H2,1-4H3. The molecule has 3 aromatic rings. The van der Waals surface area contributed by atoms with E-state index < -0.39 is 0 Å². The van der Waals surface area contributed by atoms with Crippen molar-refractivity contribution in [3.8, 4) is 0 Å². The van der Waals surface area contributed by atoms with Gasteiger partial charge in [-0.2, -0.15) is 0 Å². The summed E-state index contributed by atoms with van der Waals surface area (Å²) in [5.41, 5.74) is 4.39. The third-order valence-corrected chi connectivity index (χ3v) is 7.45. The number of amides is 1. The molecule has 1 aliphatic rings. The van der Waals surface area contributed by atoms with Crippen molar-refractivity contribution in [3.63, 3.8) is 0 Å². The number of rotatable bonds is 7. The van der Waals surface area contributed by atoms with Gasteiger partial charge in [0.25, 0.3) is 0 Å². The lowest BCUT2D eigenvalue weighted by molar-refractivity contribution is -0.118. The zero-order chi connectivity index (χ0) is 22.0. The number of ether oxygens (including phenoxy) is 1. The molecule has 0 bridgehead atoms. The van der Waals surface area contributed by atoms with Gasteiger partial charge in [-0.3, -0.25) is 9.69 Å². The Hall–Kier alpha value is -1.89. The van der Waals surface area contributed by atoms with E-state index in [1.54, 1.807) is 11.3 Å². The number of aryl methyl sites for hydroxylation is 2. The van der Waals surface area contributed by atoms with Crippen LogP contribution in [0.4, 0.5) is 5.13 Å². The molecule has 1 saturated heterocycles. The van der Waals surface area contributed by atoms with E-state index in [-0.39, 0.29) is 12.0 Å². The molecule has 0 radical (unpaired) electrons. The minimum absolute atomic E-state index is 0.0770. The molecule has 1 aromatic heterocycles. The highest BCUT2D eigenvalue weighted by atomic mass is 32.2. The number of fused-ring (bicyclic) bond motifs is 1. The van der Waals surface area contributed by atoms with Crippen molar-refractivity contribution in [3.05, 3.63) is 53.1 Å². The number of nitrogens with zero attached hydrogens (tertiary/aromatic N) is 2. The maximum atomic E-state index is 13.4. The van der Waals surface area contributed by atoms with Gasteiger partial charge >= 0.3 is 0 Å². The maximum absolute atomic E-state index is 13.4. The van der Waals surface area contributed by atoms with Crippen molar-refractivity contribution in [2.45, 2.75) is 63.2 Å². The third kappa shape index (κ3) is 5.48. The van der Waals surface area contributed by atoms with E-state index in [2.05, 4.69) is 64.1 Å². The molecule has 4 rings (SSSR count). The summed E-state index contributed by atoms with van der Waals surface area (Å²) in [6.07, 6.45) is 2.50. The average molecular weight is 455 g/mol. The fourth-order valence-electron chi connectivity index (χ4n) is 3.98. The number of benzene rings is 2. The second kappa shape index (κ2) is 9.72. The minimum atomic E-state index is 0.0770. The minimum Gasteiger partial charge on any atom is -0.376 e. The number of carbonyl (C=O) groups is 1. The van der Waals surface area contributed by atoms with Crippen LogP contribution in [0.1, 0.15) is 43.4 Å². The van der Waals surface area contributed by atoms with Crippen LogP contribution in [0.15, 0.2) is 41.3 Å². The predicted molar refractivity (Wildman–Crippen MR) is 132 cm³/mol. The van der Waals surface area contributed by atoms with Crippen molar-refractivity contribution in [2.75, 3.05) is 18.1 Å². The maximum Gasteiger partial charge on any atom is 0.233 e. The first-order chi connectivity index (χ1) is 14.9. The van der Waals surface area contributed by atoms with E-state index in [1.165, 1.54) is 10.5 Å². The number of hydrogen-bond acceptors (Lipinski definition) is 5. The second-order valence-corrected chi connectivity index (χ2v) is 11.2. The highest BCUT2D eigenvalue weighted by Gasteiger charge is 2.26.